The Morgan fingerprint density at radius 1 is 1.10 bits per heavy atom. The fourth-order valence-corrected chi connectivity index (χ4v) is 3.41. The Balaban J connectivity index is 1.90. The van der Waals surface area contributed by atoms with Gasteiger partial charge in [0.15, 0.2) is 0 Å². The third kappa shape index (κ3) is 2.84. The minimum atomic E-state index is -0.386. The molecular weight excluding hydrogens is 268 g/mol. The van der Waals surface area contributed by atoms with Crippen LogP contribution in [0.1, 0.15) is 29.2 Å². The first-order chi connectivity index (χ1) is 10.2. The van der Waals surface area contributed by atoms with Crippen molar-refractivity contribution in [2.24, 2.45) is 5.92 Å². The van der Waals surface area contributed by atoms with Crippen LogP contribution >= 0.6 is 0 Å². The van der Waals surface area contributed by atoms with Gasteiger partial charge in [0, 0.05) is 11.6 Å². The van der Waals surface area contributed by atoms with E-state index in [1.54, 1.807) is 0 Å². The first-order valence-electron chi connectivity index (χ1n) is 7.38. The molecule has 0 aromatic heterocycles. The largest absolute Gasteiger partial charge is 0.313 e. The van der Waals surface area contributed by atoms with Crippen molar-refractivity contribution in [3.8, 4) is 0 Å². The molecule has 2 unspecified atom stereocenters. The molecule has 1 aliphatic rings. The van der Waals surface area contributed by atoms with Crippen molar-refractivity contribution in [1.29, 1.82) is 0 Å². The highest BCUT2D eigenvalue weighted by Crippen LogP contribution is 2.35. The summed E-state index contributed by atoms with van der Waals surface area (Å²) >= 11 is 0. The Hall–Kier alpha value is -1.74. The second-order valence-electron chi connectivity index (χ2n) is 5.70. The second-order valence-corrected chi connectivity index (χ2v) is 5.70. The van der Waals surface area contributed by atoms with Crippen LogP contribution in [0, 0.1) is 17.6 Å². The maximum Gasteiger partial charge on any atom is 0.128 e. The van der Waals surface area contributed by atoms with Crippen molar-refractivity contribution in [3.05, 3.63) is 70.8 Å². The van der Waals surface area contributed by atoms with Gasteiger partial charge >= 0.3 is 0 Å². The van der Waals surface area contributed by atoms with Crippen LogP contribution in [0.4, 0.5) is 8.78 Å². The Labute approximate surface area is 124 Å². The van der Waals surface area contributed by atoms with E-state index < -0.39 is 0 Å². The Morgan fingerprint density at radius 2 is 1.86 bits per heavy atom. The number of benzene rings is 2. The van der Waals surface area contributed by atoms with Crippen molar-refractivity contribution in [2.75, 3.05) is 7.05 Å². The zero-order chi connectivity index (χ0) is 14.8. The molecule has 1 nitrogen and oxygen atoms in total. The van der Waals surface area contributed by atoms with Crippen LogP contribution in [0.15, 0.2) is 42.5 Å². The molecule has 3 rings (SSSR count). The molecule has 0 fully saturated rings. The summed E-state index contributed by atoms with van der Waals surface area (Å²) in [6, 6.07) is 11.9. The van der Waals surface area contributed by atoms with Crippen LogP contribution in [-0.2, 0) is 12.8 Å². The number of fused-ring (bicyclic) bond motifs is 1. The van der Waals surface area contributed by atoms with Gasteiger partial charge in [-0.1, -0.05) is 24.3 Å². The van der Waals surface area contributed by atoms with Crippen molar-refractivity contribution >= 4 is 0 Å². The summed E-state index contributed by atoms with van der Waals surface area (Å²) in [4.78, 5) is 0. The van der Waals surface area contributed by atoms with Gasteiger partial charge in [-0.15, -0.1) is 0 Å². The van der Waals surface area contributed by atoms with Gasteiger partial charge in [0.25, 0.3) is 0 Å². The Bertz CT molecular complexity index is 639. The maximum atomic E-state index is 14.1. The smallest absolute Gasteiger partial charge is 0.128 e. The molecule has 0 aliphatic heterocycles. The minimum Gasteiger partial charge on any atom is -0.313 e. The van der Waals surface area contributed by atoms with E-state index in [1.165, 1.54) is 29.3 Å². The number of nitrogens with one attached hydrogen (secondary N) is 1. The summed E-state index contributed by atoms with van der Waals surface area (Å²) in [5, 5.41) is 3.18. The summed E-state index contributed by atoms with van der Waals surface area (Å²) in [6.45, 7) is 0. The first kappa shape index (κ1) is 14.2. The lowest BCUT2D eigenvalue weighted by Crippen LogP contribution is -2.30. The van der Waals surface area contributed by atoms with Crippen LogP contribution < -0.4 is 5.32 Å². The third-order valence-electron chi connectivity index (χ3n) is 4.46. The topological polar surface area (TPSA) is 12.0 Å². The molecule has 0 saturated carbocycles. The van der Waals surface area contributed by atoms with Crippen molar-refractivity contribution < 1.29 is 8.78 Å². The van der Waals surface area contributed by atoms with Gasteiger partial charge in [0.05, 0.1) is 0 Å². The number of aryl methyl sites for hydroxylation is 1. The van der Waals surface area contributed by atoms with Crippen LogP contribution in [0.3, 0.4) is 0 Å². The summed E-state index contributed by atoms with van der Waals surface area (Å²) in [5.74, 6) is -0.446. The van der Waals surface area contributed by atoms with Gasteiger partial charge in [0.2, 0.25) is 0 Å². The third-order valence-corrected chi connectivity index (χ3v) is 4.46. The number of hydrogen-bond donors (Lipinski definition) is 1. The normalized spacial score (nSPS) is 19.1. The summed E-state index contributed by atoms with van der Waals surface area (Å²) in [5.41, 5.74) is 3.14. The monoisotopic (exact) mass is 287 g/mol. The molecule has 2 aromatic carbocycles. The van der Waals surface area contributed by atoms with E-state index in [9.17, 15) is 8.78 Å². The first-order valence-corrected chi connectivity index (χ1v) is 7.38. The number of hydrogen-bond acceptors (Lipinski definition) is 1. The SMILES string of the molecule is CNC(c1cc(F)ccc1F)C1CCc2ccccc2C1. The highest BCUT2D eigenvalue weighted by molar-refractivity contribution is 5.31. The molecule has 0 amide bonds. The van der Waals surface area contributed by atoms with Gasteiger partial charge in [-0.3, -0.25) is 0 Å². The van der Waals surface area contributed by atoms with E-state index in [1.807, 2.05) is 13.1 Å². The fraction of sp³-hybridized carbons (Fsp3) is 0.333. The molecular formula is C18H19F2N. The highest BCUT2D eigenvalue weighted by atomic mass is 19.1. The zero-order valence-corrected chi connectivity index (χ0v) is 12.1. The standard InChI is InChI=1S/C18H19F2N/c1-21-18(16-11-15(19)8-9-17(16)20)14-7-6-12-4-2-3-5-13(12)10-14/h2-5,8-9,11,14,18,21H,6-7,10H2,1H3. The van der Waals surface area contributed by atoms with E-state index in [0.717, 1.165) is 19.3 Å². The van der Waals surface area contributed by atoms with Crippen LogP contribution in [0.2, 0.25) is 0 Å². The predicted molar refractivity (Wildman–Crippen MR) is 80.1 cm³/mol. The second kappa shape index (κ2) is 5.94. The van der Waals surface area contributed by atoms with E-state index in [-0.39, 0.29) is 23.6 Å². The van der Waals surface area contributed by atoms with E-state index in [2.05, 4.69) is 23.5 Å². The number of halogens is 2. The van der Waals surface area contributed by atoms with Crippen LogP contribution in [0.25, 0.3) is 0 Å². The minimum absolute atomic E-state index is 0.158. The molecule has 0 radical (unpaired) electrons. The van der Waals surface area contributed by atoms with Crippen LogP contribution in [-0.4, -0.2) is 7.05 Å². The van der Waals surface area contributed by atoms with Crippen molar-refractivity contribution in [2.45, 2.75) is 25.3 Å². The lowest BCUT2D eigenvalue weighted by atomic mass is 9.78. The quantitative estimate of drug-likeness (QED) is 0.898. The van der Waals surface area contributed by atoms with E-state index >= 15 is 0 Å². The highest BCUT2D eigenvalue weighted by Gasteiger charge is 2.28. The maximum absolute atomic E-state index is 14.1. The Kier molecular flexibility index (Phi) is 4.02. The molecule has 0 heterocycles. The van der Waals surface area contributed by atoms with E-state index in [4.69, 9.17) is 0 Å². The Morgan fingerprint density at radius 3 is 2.62 bits per heavy atom. The van der Waals surface area contributed by atoms with Gasteiger partial charge in [-0.25, -0.2) is 8.78 Å². The molecule has 110 valence electrons. The molecule has 1 N–H and O–H groups in total. The molecule has 1 aliphatic carbocycles. The molecule has 21 heavy (non-hydrogen) atoms. The average Bonchev–Trinajstić information content (AvgIpc) is 2.51. The molecule has 2 atom stereocenters. The zero-order valence-electron chi connectivity index (χ0n) is 12.1. The average molecular weight is 287 g/mol. The van der Waals surface area contributed by atoms with Crippen molar-refractivity contribution in [1.82, 2.24) is 5.32 Å². The number of rotatable bonds is 3. The lowest BCUT2D eigenvalue weighted by Gasteiger charge is -2.32. The summed E-state index contributed by atoms with van der Waals surface area (Å²) in [7, 11) is 1.82. The van der Waals surface area contributed by atoms with Gasteiger partial charge in [-0.2, -0.15) is 0 Å². The summed E-state index contributed by atoms with van der Waals surface area (Å²) < 4.78 is 27.5. The van der Waals surface area contributed by atoms with Gasteiger partial charge in [-0.05, 0) is 61.6 Å². The lowest BCUT2D eigenvalue weighted by molar-refractivity contribution is 0.332. The van der Waals surface area contributed by atoms with Gasteiger partial charge in [0.1, 0.15) is 11.6 Å². The summed E-state index contributed by atoms with van der Waals surface area (Å²) in [6.07, 6.45) is 2.88. The van der Waals surface area contributed by atoms with E-state index in [0.29, 0.717) is 5.56 Å². The molecule has 2 aromatic rings. The van der Waals surface area contributed by atoms with Crippen molar-refractivity contribution in [3.63, 3.8) is 0 Å². The molecule has 0 spiro atoms. The molecule has 0 saturated heterocycles. The predicted octanol–water partition coefficient (Wildman–Crippen LogP) is 4.03. The molecule has 0 bridgehead atoms. The fourth-order valence-electron chi connectivity index (χ4n) is 3.41. The van der Waals surface area contributed by atoms with Gasteiger partial charge < -0.3 is 5.32 Å². The van der Waals surface area contributed by atoms with Crippen LogP contribution in [0.5, 0.6) is 0 Å². The molecule has 3 heteroatoms.